The molecule has 21 heavy (non-hydrogen) atoms. The van der Waals surface area contributed by atoms with Gasteiger partial charge in [0.25, 0.3) is 0 Å². The Morgan fingerprint density at radius 1 is 1.38 bits per heavy atom. The maximum atomic E-state index is 12.2. The maximum Gasteiger partial charge on any atom is 0.412 e. The molecule has 2 aliphatic heterocycles. The Hall–Kier alpha value is -1.31. The number of nitrogens with zero attached hydrogens (tertiary/aromatic N) is 1. The van der Waals surface area contributed by atoms with Crippen molar-refractivity contribution in [2.45, 2.75) is 29.5 Å². The van der Waals surface area contributed by atoms with Crippen molar-refractivity contribution in [1.29, 1.82) is 0 Å². The van der Waals surface area contributed by atoms with Gasteiger partial charge >= 0.3 is 12.1 Å². The van der Waals surface area contributed by atoms with Gasteiger partial charge in [-0.3, -0.25) is 9.69 Å². The van der Waals surface area contributed by atoms with Crippen LogP contribution >= 0.6 is 22.6 Å². The molecule has 5 nitrogen and oxygen atoms in total. The number of hydrogen-bond donors (Lipinski definition) is 0. The van der Waals surface area contributed by atoms with E-state index in [2.05, 4.69) is 22.6 Å². The van der Waals surface area contributed by atoms with Crippen LogP contribution in [0.25, 0.3) is 0 Å². The quantitative estimate of drug-likeness (QED) is 0.412. The van der Waals surface area contributed by atoms with Crippen molar-refractivity contribution >= 4 is 34.7 Å². The van der Waals surface area contributed by atoms with Crippen molar-refractivity contribution < 1.29 is 19.1 Å². The Labute approximate surface area is 136 Å². The minimum atomic E-state index is -0.603. The summed E-state index contributed by atoms with van der Waals surface area (Å²) >= 11 is 2.22. The van der Waals surface area contributed by atoms with E-state index in [9.17, 15) is 9.59 Å². The molecule has 1 fully saturated rings. The van der Waals surface area contributed by atoms with Gasteiger partial charge in [0.05, 0.1) is 23.0 Å². The number of carbonyl (C=O) groups excluding carboxylic acids is 2. The van der Waals surface area contributed by atoms with Crippen molar-refractivity contribution in [3.8, 4) is 0 Å². The van der Waals surface area contributed by atoms with Crippen LogP contribution in [0.15, 0.2) is 24.3 Å². The van der Waals surface area contributed by atoms with E-state index in [-0.39, 0.29) is 21.9 Å². The number of esters is 1. The molecule has 0 aliphatic carbocycles. The largest absolute Gasteiger partial charge is 0.453 e. The molecule has 3 rings (SSSR count). The van der Waals surface area contributed by atoms with Crippen molar-refractivity contribution in [2.75, 3.05) is 7.11 Å². The first kappa shape index (κ1) is 14.6. The van der Waals surface area contributed by atoms with Crippen LogP contribution in [0.3, 0.4) is 0 Å². The van der Waals surface area contributed by atoms with E-state index in [4.69, 9.17) is 9.47 Å². The van der Waals surface area contributed by atoms with Crippen LogP contribution in [0.5, 0.6) is 0 Å². The highest BCUT2D eigenvalue weighted by atomic mass is 127. The monoisotopic (exact) mass is 401 g/mol. The standard InChI is InChI=1S/C15H16INO4/c1-3-8-12-10-7-5-4-6-9(10)11(16)13(21-14(8)18)17(12)15(19)20-2/h4-8,11-13H,3H2,1-2H3/t8-,11+,12+,13-/m1/s1. The third-order valence-corrected chi connectivity index (χ3v) is 5.47. The fourth-order valence-corrected chi connectivity index (χ4v) is 4.27. The van der Waals surface area contributed by atoms with Gasteiger partial charge in [0, 0.05) is 0 Å². The number of hydrogen-bond acceptors (Lipinski definition) is 4. The van der Waals surface area contributed by atoms with Crippen LogP contribution in [0, 0.1) is 5.92 Å². The molecule has 1 aromatic rings. The molecule has 112 valence electrons. The summed E-state index contributed by atoms with van der Waals surface area (Å²) in [4.78, 5) is 26.0. The van der Waals surface area contributed by atoms with Crippen LogP contribution in [0.4, 0.5) is 4.79 Å². The number of amides is 1. The highest BCUT2D eigenvalue weighted by Crippen LogP contribution is 2.50. The summed E-state index contributed by atoms with van der Waals surface area (Å²) in [6.45, 7) is 1.93. The second kappa shape index (κ2) is 5.47. The van der Waals surface area contributed by atoms with Gasteiger partial charge in [0.15, 0.2) is 6.23 Å². The van der Waals surface area contributed by atoms with Crippen LogP contribution in [0.1, 0.15) is 34.4 Å². The molecule has 0 spiro atoms. The molecule has 4 atom stereocenters. The maximum absolute atomic E-state index is 12.2. The lowest BCUT2D eigenvalue weighted by Crippen LogP contribution is -2.57. The number of methoxy groups -OCH3 is 1. The number of carbonyl (C=O) groups is 2. The van der Waals surface area contributed by atoms with Gasteiger partial charge in [-0.2, -0.15) is 0 Å². The minimum Gasteiger partial charge on any atom is -0.453 e. The number of benzene rings is 1. The molecule has 1 aromatic carbocycles. The predicted octanol–water partition coefficient (Wildman–Crippen LogP) is 3.19. The third kappa shape index (κ3) is 2.11. The molecule has 2 aliphatic rings. The van der Waals surface area contributed by atoms with E-state index in [1.54, 1.807) is 4.90 Å². The number of alkyl halides is 1. The average Bonchev–Trinajstić information content (AvgIpc) is 2.51. The molecule has 2 heterocycles. The smallest absolute Gasteiger partial charge is 0.412 e. The van der Waals surface area contributed by atoms with E-state index >= 15 is 0 Å². The molecule has 0 saturated carbocycles. The molecule has 1 saturated heterocycles. The van der Waals surface area contributed by atoms with Crippen molar-refractivity contribution in [2.24, 2.45) is 5.92 Å². The normalized spacial score (nSPS) is 30.4. The molecule has 6 heteroatoms. The Balaban J connectivity index is 2.18. The fraction of sp³-hybridized carbons (Fsp3) is 0.467. The fourth-order valence-electron chi connectivity index (χ4n) is 3.21. The average molecular weight is 401 g/mol. The minimum absolute atomic E-state index is 0.101. The van der Waals surface area contributed by atoms with E-state index in [0.717, 1.165) is 11.1 Å². The van der Waals surface area contributed by atoms with Crippen LogP contribution < -0.4 is 0 Å². The van der Waals surface area contributed by atoms with Crippen LogP contribution in [-0.2, 0) is 14.3 Å². The second-order valence-corrected chi connectivity index (χ2v) is 6.54. The second-order valence-electron chi connectivity index (χ2n) is 5.20. The van der Waals surface area contributed by atoms with Gasteiger partial charge in [-0.1, -0.05) is 53.8 Å². The Morgan fingerprint density at radius 2 is 2.05 bits per heavy atom. The first-order chi connectivity index (χ1) is 10.1. The van der Waals surface area contributed by atoms with Gasteiger partial charge in [0.2, 0.25) is 0 Å². The van der Waals surface area contributed by atoms with Crippen molar-refractivity contribution in [1.82, 2.24) is 4.90 Å². The molecule has 0 radical (unpaired) electrons. The van der Waals surface area contributed by atoms with Gasteiger partial charge in [0.1, 0.15) is 0 Å². The Bertz CT molecular complexity index is 591. The molecule has 0 unspecified atom stereocenters. The van der Waals surface area contributed by atoms with E-state index in [1.807, 2.05) is 31.2 Å². The zero-order valence-electron chi connectivity index (χ0n) is 11.8. The van der Waals surface area contributed by atoms with Gasteiger partial charge in [-0.15, -0.1) is 0 Å². The van der Waals surface area contributed by atoms with Crippen molar-refractivity contribution in [3.05, 3.63) is 35.4 Å². The molecule has 2 bridgehead atoms. The molecule has 1 amide bonds. The van der Waals surface area contributed by atoms with E-state index < -0.39 is 12.3 Å². The number of ether oxygens (including phenoxy) is 2. The van der Waals surface area contributed by atoms with Crippen LogP contribution in [0.2, 0.25) is 0 Å². The van der Waals surface area contributed by atoms with E-state index in [1.165, 1.54) is 7.11 Å². The lowest BCUT2D eigenvalue weighted by atomic mass is 9.81. The topological polar surface area (TPSA) is 55.8 Å². The summed E-state index contributed by atoms with van der Waals surface area (Å²) in [6.07, 6.45) is -0.440. The summed E-state index contributed by atoms with van der Waals surface area (Å²) in [7, 11) is 1.35. The molecular weight excluding hydrogens is 385 g/mol. The Morgan fingerprint density at radius 3 is 2.67 bits per heavy atom. The van der Waals surface area contributed by atoms with Gasteiger partial charge < -0.3 is 9.47 Å². The lowest BCUT2D eigenvalue weighted by Gasteiger charge is -2.49. The number of halogens is 1. The first-order valence-electron chi connectivity index (χ1n) is 6.89. The summed E-state index contributed by atoms with van der Waals surface area (Å²) in [6, 6.07) is 7.61. The SMILES string of the molecule is CC[C@H]1C(=O)O[C@@H]2[C@@H](I)c3ccccc3[C@H]1N2C(=O)OC. The summed E-state index contributed by atoms with van der Waals surface area (Å²) in [5, 5.41) is 0. The number of rotatable bonds is 1. The molecule has 0 N–H and O–H groups in total. The highest BCUT2D eigenvalue weighted by molar-refractivity contribution is 14.1. The highest BCUT2D eigenvalue weighted by Gasteiger charge is 2.53. The summed E-state index contributed by atoms with van der Waals surface area (Å²) in [5.41, 5.74) is 2.14. The van der Waals surface area contributed by atoms with Gasteiger partial charge in [-0.05, 0) is 17.5 Å². The van der Waals surface area contributed by atoms with Crippen molar-refractivity contribution in [3.63, 3.8) is 0 Å². The van der Waals surface area contributed by atoms with Crippen LogP contribution in [-0.4, -0.2) is 30.3 Å². The van der Waals surface area contributed by atoms with E-state index in [0.29, 0.717) is 6.42 Å². The molecule has 0 aromatic heterocycles. The summed E-state index contributed by atoms with van der Waals surface area (Å²) in [5.74, 6) is -0.589. The van der Waals surface area contributed by atoms with Gasteiger partial charge in [-0.25, -0.2) is 4.79 Å². The molecular formula is C15H16INO4. The first-order valence-corrected chi connectivity index (χ1v) is 8.14. The summed E-state index contributed by atoms with van der Waals surface area (Å²) < 4.78 is 10.4. The zero-order valence-corrected chi connectivity index (χ0v) is 13.9. The Kier molecular flexibility index (Phi) is 3.81. The third-order valence-electron chi connectivity index (χ3n) is 4.18. The zero-order chi connectivity index (χ0) is 15.1. The number of fused-ring (bicyclic) bond motifs is 4. The predicted molar refractivity (Wildman–Crippen MR) is 83.8 cm³/mol. The lowest BCUT2D eigenvalue weighted by molar-refractivity contribution is -0.185.